The monoisotopic (exact) mass is 283 g/mol. The van der Waals surface area contributed by atoms with Crippen molar-refractivity contribution in [2.75, 3.05) is 7.05 Å². The van der Waals surface area contributed by atoms with Gasteiger partial charge in [0.15, 0.2) is 0 Å². The predicted molar refractivity (Wildman–Crippen MR) is 80.8 cm³/mol. The molecule has 0 aliphatic heterocycles. The van der Waals surface area contributed by atoms with Gasteiger partial charge in [-0.2, -0.15) is 0 Å². The van der Waals surface area contributed by atoms with Gasteiger partial charge in [0.2, 0.25) is 0 Å². The van der Waals surface area contributed by atoms with Gasteiger partial charge in [-0.3, -0.25) is 0 Å². The van der Waals surface area contributed by atoms with Crippen LogP contribution in [-0.2, 0) is 0 Å². The van der Waals surface area contributed by atoms with Gasteiger partial charge in [-0.05, 0) is 37.9 Å². The van der Waals surface area contributed by atoms with Crippen molar-refractivity contribution >= 4 is 0 Å². The lowest BCUT2D eigenvalue weighted by atomic mass is 9.88. The highest BCUT2D eigenvalue weighted by Gasteiger charge is 2.19. The molecule has 1 aromatic carbocycles. The molecule has 0 aliphatic carbocycles. The first kappa shape index (κ1) is 17.1. The lowest BCUT2D eigenvalue weighted by Gasteiger charge is -2.23. The van der Waals surface area contributed by atoms with Gasteiger partial charge in [0, 0.05) is 17.7 Å². The molecule has 0 saturated carbocycles. The van der Waals surface area contributed by atoms with Gasteiger partial charge in [0.25, 0.3) is 0 Å². The summed E-state index contributed by atoms with van der Waals surface area (Å²) in [5, 5.41) is 3.18. The van der Waals surface area contributed by atoms with Crippen LogP contribution in [0, 0.1) is 24.5 Å². The fourth-order valence-corrected chi connectivity index (χ4v) is 2.66. The first-order valence-corrected chi connectivity index (χ1v) is 7.66. The number of benzene rings is 1. The Labute approximate surface area is 121 Å². The van der Waals surface area contributed by atoms with Crippen LogP contribution >= 0.6 is 0 Å². The number of rotatable bonds is 8. The van der Waals surface area contributed by atoms with Crippen LogP contribution in [0.2, 0.25) is 0 Å². The molecule has 114 valence electrons. The molecule has 0 heterocycles. The van der Waals surface area contributed by atoms with Gasteiger partial charge < -0.3 is 5.32 Å². The molecule has 2 unspecified atom stereocenters. The first-order valence-electron chi connectivity index (χ1n) is 7.66. The zero-order chi connectivity index (χ0) is 15.1. The molecule has 0 bridgehead atoms. The van der Waals surface area contributed by atoms with Crippen LogP contribution in [0.1, 0.15) is 63.1 Å². The summed E-state index contributed by atoms with van der Waals surface area (Å²) in [6.45, 7) is 6.05. The van der Waals surface area contributed by atoms with Gasteiger partial charge >= 0.3 is 0 Å². The highest BCUT2D eigenvalue weighted by atomic mass is 19.1. The highest BCUT2D eigenvalue weighted by Crippen LogP contribution is 2.29. The van der Waals surface area contributed by atoms with Gasteiger partial charge in [0.05, 0.1) is 0 Å². The summed E-state index contributed by atoms with van der Waals surface area (Å²) in [5.41, 5.74) is 1.09. The van der Waals surface area contributed by atoms with Crippen LogP contribution in [0.5, 0.6) is 0 Å². The Morgan fingerprint density at radius 1 is 1.15 bits per heavy atom. The lowest BCUT2D eigenvalue weighted by molar-refractivity contribution is 0.358. The average Bonchev–Trinajstić information content (AvgIpc) is 2.44. The van der Waals surface area contributed by atoms with Crippen molar-refractivity contribution in [2.45, 2.75) is 58.9 Å². The Morgan fingerprint density at radius 3 is 2.40 bits per heavy atom. The standard InChI is InChI=1S/C17H27F2N/c1-5-7-8-13(6-2)10-17(20-4)14-9-12(3)15(18)11-16(14)19/h9,11,13,17,20H,5-8,10H2,1-4H3. The number of nitrogens with one attached hydrogen (secondary N) is 1. The Morgan fingerprint density at radius 2 is 1.85 bits per heavy atom. The SMILES string of the molecule is CCCCC(CC)CC(NC)c1cc(C)c(F)cc1F. The summed E-state index contributed by atoms with van der Waals surface area (Å²) < 4.78 is 27.4. The molecule has 0 fully saturated rings. The molecular formula is C17H27F2N. The maximum Gasteiger partial charge on any atom is 0.130 e. The minimum absolute atomic E-state index is 0.0453. The largest absolute Gasteiger partial charge is 0.313 e. The van der Waals surface area contributed by atoms with E-state index < -0.39 is 11.6 Å². The van der Waals surface area contributed by atoms with Gasteiger partial charge in [-0.25, -0.2) is 8.78 Å². The second kappa shape index (κ2) is 8.35. The van der Waals surface area contributed by atoms with E-state index >= 15 is 0 Å². The zero-order valence-corrected chi connectivity index (χ0v) is 13.1. The van der Waals surface area contributed by atoms with Crippen molar-refractivity contribution in [3.63, 3.8) is 0 Å². The summed E-state index contributed by atoms with van der Waals surface area (Å²) in [7, 11) is 1.84. The third-order valence-corrected chi connectivity index (χ3v) is 4.11. The molecule has 0 radical (unpaired) electrons. The summed E-state index contributed by atoms with van der Waals surface area (Å²) in [4.78, 5) is 0. The molecule has 0 aliphatic rings. The maximum atomic E-state index is 14.0. The van der Waals surface area contributed by atoms with Crippen molar-refractivity contribution in [1.82, 2.24) is 5.32 Å². The second-order valence-corrected chi connectivity index (χ2v) is 5.62. The molecule has 1 N–H and O–H groups in total. The topological polar surface area (TPSA) is 12.0 Å². The molecule has 2 atom stereocenters. The van der Waals surface area contributed by atoms with Crippen LogP contribution in [0.25, 0.3) is 0 Å². The van der Waals surface area contributed by atoms with E-state index in [1.807, 2.05) is 7.05 Å². The second-order valence-electron chi connectivity index (χ2n) is 5.62. The average molecular weight is 283 g/mol. The Kier molecular flexibility index (Phi) is 7.14. The first-order chi connectivity index (χ1) is 9.53. The molecule has 20 heavy (non-hydrogen) atoms. The third kappa shape index (κ3) is 4.55. The highest BCUT2D eigenvalue weighted by molar-refractivity contribution is 5.28. The van der Waals surface area contributed by atoms with Crippen LogP contribution in [-0.4, -0.2) is 7.05 Å². The van der Waals surface area contributed by atoms with Crippen molar-refractivity contribution in [1.29, 1.82) is 0 Å². The summed E-state index contributed by atoms with van der Waals surface area (Å²) in [6.07, 6.45) is 5.56. The van der Waals surface area contributed by atoms with E-state index in [1.165, 1.54) is 19.3 Å². The molecule has 0 spiro atoms. The van der Waals surface area contributed by atoms with E-state index in [0.717, 1.165) is 18.9 Å². The molecule has 0 aromatic heterocycles. The number of halogens is 2. The Balaban J connectivity index is 2.87. The van der Waals surface area contributed by atoms with E-state index in [4.69, 9.17) is 0 Å². The molecule has 1 nitrogen and oxygen atoms in total. The fraction of sp³-hybridized carbons (Fsp3) is 0.647. The normalized spacial score (nSPS) is 14.3. The lowest BCUT2D eigenvalue weighted by Crippen LogP contribution is -2.21. The molecule has 1 rings (SSSR count). The zero-order valence-electron chi connectivity index (χ0n) is 13.1. The predicted octanol–water partition coefficient (Wildman–Crippen LogP) is 5.14. The summed E-state index contributed by atoms with van der Waals surface area (Å²) in [5.74, 6) is -0.339. The molecule has 0 saturated heterocycles. The molecule has 0 amide bonds. The number of aryl methyl sites for hydroxylation is 1. The summed E-state index contributed by atoms with van der Waals surface area (Å²) in [6, 6.07) is 2.59. The molecule has 1 aromatic rings. The van der Waals surface area contributed by atoms with Crippen LogP contribution in [0.15, 0.2) is 12.1 Å². The van der Waals surface area contributed by atoms with Crippen molar-refractivity contribution in [3.8, 4) is 0 Å². The van der Waals surface area contributed by atoms with E-state index in [1.54, 1.807) is 13.0 Å². The van der Waals surface area contributed by atoms with Gasteiger partial charge in [-0.15, -0.1) is 0 Å². The number of hydrogen-bond acceptors (Lipinski definition) is 1. The quantitative estimate of drug-likeness (QED) is 0.696. The third-order valence-electron chi connectivity index (χ3n) is 4.11. The number of hydrogen-bond donors (Lipinski definition) is 1. The van der Waals surface area contributed by atoms with E-state index in [2.05, 4.69) is 19.2 Å². The van der Waals surface area contributed by atoms with Crippen molar-refractivity contribution in [3.05, 3.63) is 34.9 Å². The molecular weight excluding hydrogens is 256 g/mol. The minimum atomic E-state index is -0.473. The van der Waals surface area contributed by atoms with Gasteiger partial charge in [0.1, 0.15) is 11.6 Å². The van der Waals surface area contributed by atoms with Crippen LogP contribution < -0.4 is 5.32 Å². The van der Waals surface area contributed by atoms with E-state index in [-0.39, 0.29) is 6.04 Å². The Hall–Kier alpha value is -0.960. The van der Waals surface area contributed by atoms with Crippen LogP contribution in [0.4, 0.5) is 8.78 Å². The Bertz CT molecular complexity index is 418. The van der Waals surface area contributed by atoms with Gasteiger partial charge in [-0.1, -0.05) is 39.5 Å². The molecule has 3 heteroatoms. The smallest absolute Gasteiger partial charge is 0.130 e. The van der Waals surface area contributed by atoms with Crippen molar-refractivity contribution in [2.24, 2.45) is 5.92 Å². The van der Waals surface area contributed by atoms with E-state index in [9.17, 15) is 8.78 Å². The summed E-state index contributed by atoms with van der Waals surface area (Å²) >= 11 is 0. The van der Waals surface area contributed by atoms with E-state index in [0.29, 0.717) is 17.0 Å². The maximum absolute atomic E-state index is 14.0. The van der Waals surface area contributed by atoms with Crippen LogP contribution in [0.3, 0.4) is 0 Å². The minimum Gasteiger partial charge on any atom is -0.313 e. The van der Waals surface area contributed by atoms with Crippen molar-refractivity contribution < 1.29 is 8.78 Å². The fourth-order valence-electron chi connectivity index (χ4n) is 2.66. The number of unbranched alkanes of at least 4 members (excludes halogenated alkanes) is 1.